The average molecular weight is 577 g/mol. The van der Waals surface area contributed by atoms with Gasteiger partial charge in [-0.15, -0.1) is 0 Å². The second-order valence-electron chi connectivity index (χ2n) is 10.2. The minimum atomic E-state index is -2.46. The van der Waals surface area contributed by atoms with Crippen molar-refractivity contribution < 1.29 is 27.8 Å². The zero-order valence-electron chi connectivity index (χ0n) is 25.2. The number of methoxy groups -OCH3 is 1. The van der Waals surface area contributed by atoms with Crippen molar-refractivity contribution in [2.45, 2.75) is 78.3 Å². The minimum absolute atomic E-state index is 0.0625. The Balaban J connectivity index is 0.000000515. The van der Waals surface area contributed by atoms with Crippen molar-refractivity contribution in [2.24, 2.45) is 5.10 Å². The number of fused-ring (bicyclic) bond motifs is 2. The van der Waals surface area contributed by atoms with E-state index in [0.29, 0.717) is 18.8 Å². The molecule has 1 fully saturated rings. The summed E-state index contributed by atoms with van der Waals surface area (Å²) in [6.45, 7) is 11.4. The maximum atomic E-state index is 12.8. The van der Waals surface area contributed by atoms with Crippen molar-refractivity contribution >= 4 is 17.7 Å². The van der Waals surface area contributed by atoms with Gasteiger partial charge in [-0.05, 0) is 43.9 Å². The number of rotatable bonds is 7. The summed E-state index contributed by atoms with van der Waals surface area (Å²) in [6, 6.07) is 4.09. The van der Waals surface area contributed by atoms with E-state index in [1.54, 1.807) is 13.3 Å². The average Bonchev–Trinajstić information content (AvgIpc) is 3.40. The molecule has 0 spiro atoms. The molecule has 1 unspecified atom stereocenters. The monoisotopic (exact) mass is 576 g/mol. The molecule has 3 heterocycles. The molecular weight excluding hydrogens is 530 g/mol. The fourth-order valence-corrected chi connectivity index (χ4v) is 4.84. The number of halogens is 2. The van der Waals surface area contributed by atoms with Crippen LogP contribution in [-0.4, -0.2) is 80.6 Å². The molecule has 0 saturated carbocycles. The summed E-state index contributed by atoms with van der Waals surface area (Å²) in [4.78, 5) is 15.1. The number of allylic oxidation sites excluding steroid dienone is 1. The molecule has 1 N–H and O–H groups in total. The van der Waals surface area contributed by atoms with E-state index in [2.05, 4.69) is 21.4 Å². The maximum absolute atomic E-state index is 12.8. The number of ketones is 1. The Morgan fingerprint density at radius 1 is 1.15 bits per heavy atom. The molecule has 4 aliphatic rings. The van der Waals surface area contributed by atoms with Crippen LogP contribution >= 0.6 is 0 Å². The molecule has 0 amide bonds. The zero-order valence-corrected chi connectivity index (χ0v) is 25.2. The lowest BCUT2D eigenvalue weighted by molar-refractivity contribution is 0.0181. The van der Waals surface area contributed by atoms with Gasteiger partial charge in [0.05, 0.1) is 37.8 Å². The Labute approximate surface area is 243 Å². The molecule has 0 bridgehead atoms. The maximum Gasteiger partial charge on any atom is 0.245 e. The Hall–Kier alpha value is -2.98. The smallest absolute Gasteiger partial charge is 0.245 e. The second-order valence-corrected chi connectivity index (χ2v) is 10.2. The molecule has 1 saturated heterocycles. The lowest BCUT2D eigenvalue weighted by atomic mass is 9.90. The number of hydrazone groups is 1. The molecule has 1 aromatic carbocycles. The van der Waals surface area contributed by atoms with E-state index >= 15 is 0 Å². The molecule has 10 heteroatoms. The topological polar surface area (TPSA) is 75.6 Å². The highest BCUT2D eigenvalue weighted by atomic mass is 19.3. The van der Waals surface area contributed by atoms with Crippen LogP contribution in [0.25, 0.3) is 5.70 Å². The predicted octanol–water partition coefficient (Wildman–Crippen LogP) is 5.83. The summed E-state index contributed by atoms with van der Waals surface area (Å²) in [6.07, 6.45) is 10.2. The van der Waals surface area contributed by atoms with Gasteiger partial charge in [-0.1, -0.05) is 27.2 Å². The molecule has 3 aliphatic heterocycles. The highest BCUT2D eigenvalue weighted by Crippen LogP contribution is 2.35. The van der Waals surface area contributed by atoms with Gasteiger partial charge in [-0.2, -0.15) is 5.10 Å². The van der Waals surface area contributed by atoms with E-state index in [1.807, 2.05) is 37.2 Å². The molecule has 8 nitrogen and oxygen atoms in total. The standard InChI is InChI=1S/C25H32N4O4.C4H8F2.C2H6/c1-31-23-14-19(13-18-5-3-2-4-6-22(30)25(18)23)21-17-26-24-15-20(16-27-29(21)24)33-12-9-28-7-10-32-11-8-28;1-3-4(2,5)6;1-2/h13-17,24,26H,2-12H2,1H3;3H2,1-2H3;1-2H3. The quantitative estimate of drug-likeness (QED) is 0.438. The van der Waals surface area contributed by atoms with Crippen LogP contribution in [0.1, 0.15) is 81.3 Å². The number of alkyl halides is 2. The minimum Gasteiger partial charge on any atom is -0.496 e. The molecule has 1 aliphatic carbocycles. The van der Waals surface area contributed by atoms with Crippen LogP contribution in [0.4, 0.5) is 8.78 Å². The van der Waals surface area contributed by atoms with Gasteiger partial charge in [0.1, 0.15) is 24.3 Å². The third kappa shape index (κ3) is 9.26. The van der Waals surface area contributed by atoms with Gasteiger partial charge in [-0.25, -0.2) is 13.8 Å². The Bertz CT molecular complexity index is 1090. The number of ether oxygens (including phenoxy) is 3. The fourth-order valence-electron chi connectivity index (χ4n) is 4.84. The number of carbonyl (C=O) groups is 1. The van der Waals surface area contributed by atoms with E-state index in [4.69, 9.17) is 14.2 Å². The van der Waals surface area contributed by atoms with Gasteiger partial charge in [0.25, 0.3) is 0 Å². The van der Waals surface area contributed by atoms with E-state index in [1.165, 1.54) is 6.92 Å². The van der Waals surface area contributed by atoms with Crippen molar-refractivity contribution in [3.63, 3.8) is 0 Å². The van der Waals surface area contributed by atoms with Gasteiger partial charge in [-0.3, -0.25) is 9.69 Å². The number of aryl methyl sites for hydroxylation is 1. The van der Waals surface area contributed by atoms with Crippen LogP contribution in [0.2, 0.25) is 0 Å². The second kappa shape index (κ2) is 15.9. The molecular formula is C31H46F2N4O4. The molecule has 0 radical (unpaired) electrons. The Kier molecular flexibility index (Phi) is 12.6. The first-order chi connectivity index (χ1) is 19.8. The summed E-state index contributed by atoms with van der Waals surface area (Å²) >= 11 is 0. The van der Waals surface area contributed by atoms with Gasteiger partial charge < -0.3 is 19.5 Å². The number of Topliss-reactive ketones (excluding diaryl/α,β-unsaturated/α-hetero) is 1. The van der Waals surface area contributed by atoms with Crippen LogP contribution in [0, 0.1) is 0 Å². The summed E-state index contributed by atoms with van der Waals surface area (Å²) in [5.41, 5.74) is 3.77. The molecule has 0 aromatic heterocycles. The van der Waals surface area contributed by atoms with Crippen LogP contribution in [-0.2, 0) is 15.9 Å². The molecule has 5 rings (SSSR count). The number of nitrogens with one attached hydrogen (secondary N) is 1. The number of nitrogens with zero attached hydrogens (tertiary/aromatic N) is 3. The predicted molar refractivity (Wildman–Crippen MR) is 158 cm³/mol. The summed E-state index contributed by atoms with van der Waals surface area (Å²) < 4.78 is 39.9. The van der Waals surface area contributed by atoms with Crippen molar-refractivity contribution in [1.29, 1.82) is 0 Å². The lowest BCUT2D eigenvalue weighted by Crippen LogP contribution is -2.38. The van der Waals surface area contributed by atoms with Gasteiger partial charge >= 0.3 is 0 Å². The number of hydrogen-bond acceptors (Lipinski definition) is 8. The molecule has 1 atom stereocenters. The highest BCUT2D eigenvalue weighted by molar-refractivity contribution is 6.00. The summed E-state index contributed by atoms with van der Waals surface area (Å²) in [5, 5.41) is 9.98. The molecule has 1 aromatic rings. The van der Waals surface area contributed by atoms with E-state index in [9.17, 15) is 13.6 Å². The summed E-state index contributed by atoms with van der Waals surface area (Å²) in [5.74, 6) is -0.849. The fraction of sp³-hybridized carbons (Fsp3) is 0.613. The third-order valence-corrected chi connectivity index (χ3v) is 7.26. The number of carbonyl (C=O) groups excluding carboxylic acids is 1. The van der Waals surface area contributed by atoms with Crippen LogP contribution in [0.5, 0.6) is 5.75 Å². The molecule has 41 heavy (non-hydrogen) atoms. The van der Waals surface area contributed by atoms with Crippen molar-refractivity contribution in [3.05, 3.63) is 46.9 Å². The van der Waals surface area contributed by atoms with Crippen LogP contribution in [0.15, 0.2) is 35.3 Å². The van der Waals surface area contributed by atoms with Gasteiger partial charge in [0, 0.05) is 50.3 Å². The van der Waals surface area contributed by atoms with E-state index in [0.717, 1.165) is 93.6 Å². The molecule has 228 valence electrons. The van der Waals surface area contributed by atoms with Crippen molar-refractivity contribution in [2.75, 3.05) is 46.6 Å². The first kappa shape index (κ1) is 32.5. The van der Waals surface area contributed by atoms with Crippen molar-refractivity contribution in [3.8, 4) is 5.75 Å². The third-order valence-electron chi connectivity index (χ3n) is 7.26. The first-order valence-electron chi connectivity index (χ1n) is 14.9. The van der Waals surface area contributed by atoms with Crippen LogP contribution in [0.3, 0.4) is 0 Å². The van der Waals surface area contributed by atoms with E-state index in [-0.39, 0.29) is 18.4 Å². The Morgan fingerprint density at radius 2 is 1.85 bits per heavy atom. The Morgan fingerprint density at radius 3 is 2.54 bits per heavy atom. The largest absolute Gasteiger partial charge is 0.496 e. The number of hydrogen-bond donors (Lipinski definition) is 1. The van der Waals surface area contributed by atoms with Crippen molar-refractivity contribution in [1.82, 2.24) is 15.2 Å². The highest BCUT2D eigenvalue weighted by Gasteiger charge is 2.30. The summed E-state index contributed by atoms with van der Waals surface area (Å²) in [7, 11) is 1.64. The number of morpholine rings is 1. The van der Waals surface area contributed by atoms with Gasteiger partial charge in [0.2, 0.25) is 5.92 Å². The SMILES string of the molecule is CC.CCC(C)(F)F.COc1cc(C2=CNC3C=C(OCCN4CCOCC4)C=NN23)cc2c1C(=O)CCCCC2. The lowest BCUT2D eigenvalue weighted by Gasteiger charge is -2.28. The van der Waals surface area contributed by atoms with Gasteiger partial charge in [0.15, 0.2) is 5.78 Å². The first-order valence-corrected chi connectivity index (χ1v) is 14.9. The number of benzene rings is 1. The van der Waals surface area contributed by atoms with Crippen LogP contribution < -0.4 is 10.1 Å². The normalized spacial score (nSPS) is 20.4. The zero-order chi connectivity index (χ0) is 29.8. The van der Waals surface area contributed by atoms with E-state index < -0.39 is 5.92 Å².